The molecule has 1 saturated heterocycles. The van der Waals surface area contributed by atoms with Crippen LogP contribution in [0.5, 0.6) is 0 Å². The number of nitrogens with one attached hydrogen (secondary N) is 1. The highest BCUT2D eigenvalue weighted by Gasteiger charge is 2.34. The first-order chi connectivity index (χ1) is 12.9. The van der Waals surface area contributed by atoms with Crippen molar-refractivity contribution in [3.8, 4) is 0 Å². The van der Waals surface area contributed by atoms with Gasteiger partial charge >= 0.3 is 5.97 Å². The molecule has 1 fully saturated rings. The van der Waals surface area contributed by atoms with Crippen molar-refractivity contribution < 1.29 is 22.7 Å². The van der Waals surface area contributed by atoms with E-state index in [0.717, 1.165) is 23.7 Å². The molecule has 0 aliphatic carbocycles. The van der Waals surface area contributed by atoms with E-state index >= 15 is 0 Å². The third kappa shape index (κ3) is 4.68. The number of H-pyrrole nitrogens is 1. The molecule has 8 heteroatoms. The van der Waals surface area contributed by atoms with Gasteiger partial charge in [0.2, 0.25) is 0 Å². The fourth-order valence-corrected chi connectivity index (χ4v) is 5.06. The standard InChI is InChI=1S/C19H24N2O5S/c1-2-3-9-21(15-8-10-27(24,25)13-15)18(22)12-26-19(23)17-11-14-6-4-5-7-16(14)20-17/h4-7,11,15,20H,2-3,8-10,12-13H2,1H3/t15-/m0/s1. The lowest BCUT2D eigenvalue weighted by atomic mass is 10.2. The minimum absolute atomic E-state index is 0.0155. The molecule has 1 aliphatic rings. The van der Waals surface area contributed by atoms with Crippen molar-refractivity contribution in [1.82, 2.24) is 9.88 Å². The summed E-state index contributed by atoms with van der Waals surface area (Å²) in [5.74, 6) is -0.870. The molecule has 1 amide bonds. The summed E-state index contributed by atoms with van der Waals surface area (Å²) in [4.78, 5) is 29.4. The topological polar surface area (TPSA) is 96.5 Å². The maximum atomic E-state index is 12.6. The summed E-state index contributed by atoms with van der Waals surface area (Å²) >= 11 is 0. The van der Waals surface area contributed by atoms with Crippen LogP contribution in [-0.2, 0) is 19.4 Å². The van der Waals surface area contributed by atoms with Gasteiger partial charge in [0.05, 0.1) is 11.5 Å². The van der Waals surface area contributed by atoms with Crippen molar-refractivity contribution in [3.05, 3.63) is 36.0 Å². The molecule has 0 radical (unpaired) electrons. The lowest BCUT2D eigenvalue weighted by molar-refractivity contribution is -0.136. The van der Waals surface area contributed by atoms with Crippen molar-refractivity contribution in [2.75, 3.05) is 24.7 Å². The molecule has 2 aromatic rings. The molecule has 146 valence electrons. The van der Waals surface area contributed by atoms with E-state index in [9.17, 15) is 18.0 Å². The third-order valence-electron chi connectivity index (χ3n) is 4.80. The summed E-state index contributed by atoms with van der Waals surface area (Å²) < 4.78 is 28.7. The van der Waals surface area contributed by atoms with E-state index in [1.165, 1.54) is 0 Å². The van der Waals surface area contributed by atoms with Crippen LogP contribution in [0.1, 0.15) is 36.7 Å². The average Bonchev–Trinajstić information content (AvgIpc) is 3.23. The van der Waals surface area contributed by atoms with Crippen LogP contribution < -0.4 is 0 Å². The molecular weight excluding hydrogens is 368 g/mol. The van der Waals surface area contributed by atoms with Gasteiger partial charge in [-0.05, 0) is 25.0 Å². The fraction of sp³-hybridized carbons (Fsp3) is 0.474. The second kappa shape index (κ2) is 8.12. The molecule has 0 saturated carbocycles. The average molecular weight is 392 g/mol. The number of para-hydroxylation sites is 1. The molecule has 7 nitrogen and oxygen atoms in total. The van der Waals surface area contributed by atoms with Crippen molar-refractivity contribution in [1.29, 1.82) is 0 Å². The summed E-state index contributed by atoms with van der Waals surface area (Å²) in [6, 6.07) is 8.81. The molecule has 3 rings (SSSR count). The normalized spacial score (nSPS) is 18.5. The Bertz CT molecular complexity index is 901. The summed E-state index contributed by atoms with van der Waals surface area (Å²) in [5, 5.41) is 0.886. The Morgan fingerprint density at radius 2 is 2.07 bits per heavy atom. The molecule has 1 aromatic carbocycles. The lowest BCUT2D eigenvalue weighted by Crippen LogP contribution is -2.43. The van der Waals surface area contributed by atoms with Gasteiger partial charge in [0.15, 0.2) is 16.4 Å². The maximum absolute atomic E-state index is 12.6. The zero-order chi connectivity index (χ0) is 19.4. The number of aromatic amines is 1. The van der Waals surface area contributed by atoms with E-state index in [1.807, 2.05) is 31.2 Å². The van der Waals surface area contributed by atoms with Gasteiger partial charge < -0.3 is 14.6 Å². The number of fused-ring (bicyclic) bond motifs is 1. The highest BCUT2D eigenvalue weighted by molar-refractivity contribution is 7.91. The van der Waals surface area contributed by atoms with Crippen LogP contribution in [0.2, 0.25) is 0 Å². The van der Waals surface area contributed by atoms with Crippen LogP contribution in [0.3, 0.4) is 0 Å². The number of rotatable bonds is 7. The summed E-state index contributed by atoms with van der Waals surface area (Å²) in [7, 11) is -3.09. The Balaban J connectivity index is 1.63. The van der Waals surface area contributed by atoms with Crippen LogP contribution in [-0.4, -0.2) is 60.9 Å². The summed E-state index contributed by atoms with van der Waals surface area (Å²) in [6.45, 7) is 2.08. The lowest BCUT2D eigenvalue weighted by Gasteiger charge is -2.28. The van der Waals surface area contributed by atoms with E-state index in [0.29, 0.717) is 13.0 Å². The number of sulfone groups is 1. The molecule has 1 atom stereocenters. The van der Waals surface area contributed by atoms with Crippen molar-refractivity contribution >= 4 is 32.6 Å². The molecule has 0 unspecified atom stereocenters. The molecule has 27 heavy (non-hydrogen) atoms. The zero-order valence-electron chi connectivity index (χ0n) is 15.3. The Morgan fingerprint density at radius 3 is 2.74 bits per heavy atom. The van der Waals surface area contributed by atoms with E-state index < -0.39 is 22.4 Å². The second-order valence-corrected chi connectivity index (χ2v) is 9.07. The molecule has 2 heterocycles. The molecule has 1 aliphatic heterocycles. The number of aromatic nitrogens is 1. The Kier molecular flexibility index (Phi) is 5.84. The number of carbonyl (C=O) groups is 2. The largest absolute Gasteiger partial charge is 0.451 e. The fourth-order valence-electron chi connectivity index (χ4n) is 3.33. The number of esters is 1. The number of nitrogens with zero attached hydrogens (tertiary/aromatic N) is 1. The van der Waals surface area contributed by atoms with Gasteiger partial charge in [0.25, 0.3) is 5.91 Å². The highest BCUT2D eigenvalue weighted by Crippen LogP contribution is 2.19. The van der Waals surface area contributed by atoms with Gasteiger partial charge in [0, 0.05) is 23.5 Å². The number of unbranched alkanes of at least 4 members (excludes halogenated alkanes) is 1. The van der Waals surface area contributed by atoms with Gasteiger partial charge in [-0.1, -0.05) is 31.5 Å². The van der Waals surface area contributed by atoms with Crippen LogP contribution >= 0.6 is 0 Å². The first-order valence-electron chi connectivity index (χ1n) is 9.14. The number of hydrogen-bond acceptors (Lipinski definition) is 5. The predicted molar refractivity (Wildman–Crippen MR) is 102 cm³/mol. The highest BCUT2D eigenvalue weighted by atomic mass is 32.2. The van der Waals surface area contributed by atoms with Gasteiger partial charge in [-0.15, -0.1) is 0 Å². The smallest absolute Gasteiger partial charge is 0.355 e. The van der Waals surface area contributed by atoms with E-state index in [-0.39, 0.29) is 29.1 Å². The quantitative estimate of drug-likeness (QED) is 0.728. The molecule has 0 spiro atoms. The Hall–Kier alpha value is -2.35. The predicted octanol–water partition coefficient (Wildman–Crippen LogP) is 2.14. The van der Waals surface area contributed by atoms with Crippen molar-refractivity contribution in [2.24, 2.45) is 0 Å². The first-order valence-corrected chi connectivity index (χ1v) is 11.0. The minimum atomic E-state index is -3.09. The van der Waals surface area contributed by atoms with E-state index in [2.05, 4.69) is 4.98 Å². The molecule has 0 bridgehead atoms. The first kappa shape index (κ1) is 19.4. The van der Waals surface area contributed by atoms with Crippen molar-refractivity contribution in [2.45, 2.75) is 32.2 Å². The number of amides is 1. The SMILES string of the molecule is CCCCN(C(=O)COC(=O)c1cc2ccccc2[nH]1)[C@H]1CCS(=O)(=O)C1. The molecule has 1 aromatic heterocycles. The van der Waals surface area contributed by atoms with Gasteiger partial charge in [-0.25, -0.2) is 13.2 Å². The monoisotopic (exact) mass is 392 g/mol. The minimum Gasteiger partial charge on any atom is -0.451 e. The summed E-state index contributed by atoms with van der Waals surface area (Å²) in [6.07, 6.45) is 2.10. The molecule has 1 N–H and O–H groups in total. The third-order valence-corrected chi connectivity index (χ3v) is 6.55. The number of ether oxygens (including phenoxy) is 1. The number of hydrogen-bond donors (Lipinski definition) is 1. The number of benzene rings is 1. The zero-order valence-corrected chi connectivity index (χ0v) is 16.1. The van der Waals surface area contributed by atoms with Crippen LogP contribution in [0.15, 0.2) is 30.3 Å². The van der Waals surface area contributed by atoms with Crippen LogP contribution in [0, 0.1) is 0 Å². The van der Waals surface area contributed by atoms with Crippen LogP contribution in [0.4, 0.5) is 0 Å². The second-order valence-electron chi connectivity index (χ2n) is 6.84. The van der Waals surface area contributed by atoms with Crippen molar-refractivity contribution in [3.63, 3.8) is 0 Å². The van der Waals surface area contributed by atoms with Crippen LogP contribution in [0.25, 0.3) is 10.9 Å². The number of carbonyl (C=O) groups excluding carboxylic acids is 2. The van der Waals surface area contributed by atoms with Gasteiger partial charge in [0.1, 0.15) is 5.69 Å². The van der Waals surface area contributed by atoms with E-state index in [1.54, 1.807) is 11.0 Å². The van der Waals surface area contributed by atoms with Gasteiger partial charge in [-0.3, -0.25) is 4.79 Å². The van der Waals surface area contributed by atoms with Gasteiger partial charge in [-0.2, -0.15) is 0 Å². The Morgan fingerprint density at radius 1 is 1.30 bits per heavy atom. The summed E-state index contributed by atoms with van der Waals surface area (Å²) in [5.41, 5.74) is 1.10. The Labute approximate surface area is 158 Å². The molecular formula is C19H24N2O5S. The maximum Gasteiger partial charge on any atom is 0.355 e. The van der Waals surface area contributed by atoms with E-state index in [4.69, 9.17) is 4.74 Å².